The molecule has 0 radical (unpaired) electrons. The van der Waals surface area contributed by atoms with Gasteiger partial charge in [0.15, 0.2) is 0 Å². The molecule has 2 heterocycles. The number of aromatic nitrogens is 2. The van der Waals surface area contributed by atoms with Crippen LogP contribution < -0.4 is 4.90 Å². The van der Waals surface area contributed by atoms with E-state index in [1.807, 2.05) is 65.7 Å². The summed E-state index contributed by atoms with van der Waals surface area (Å²) in [6, 6.07) is 18.6. The maximum atomic E-state index is 12.1. The van der Waals surface area contributed by atoms with E-state index < -0.39 is 6.04 Å². The minimum absolute atomic E-state index is 0.522. The Balaban J connectivity index is 1.93. The Bertz CT molecular complexity index is 1100. The van der Waals surface area contributed by atoms with E-state index in [2.05, 4.69) is 16.0 Å². The van der Waals surface area contributed by atoms with Crippen molar-refractivity contribution in [1.29, 1.82) is 5.26 Å². The lowest BCUT2D eigenvalue weighted by Gasteiger charge is -2.33. The zero-order chi connectivity index (χ0) is 19.3. The fourth-order valence-electron chi connectivity index (χ4n) is 3.30. The fraction of sp³-hybridized carbons (Fsp3) is 0.0435. The number of aldehydes is 1. The van der Waals surface area contributed by atoms with Crippen molar-refractivity contribution >= 4 is 23.1 Å². The number of carbonyl (C=O) groups excluding carboxylic acids is 1. The Kier molecular flexibility index (Phi) is 4.77. The van der Waals surface area contributed by atoms with Crippen molar-refractivity contribution < 1.29 is 4.79 Å². The van der Waals surface area contributed by atoms with Gasteiger partial charge in [-0.15, -0.1) is 0 Å². The van der Waals surface area contributed by atoms with Crippen LogP contribution in [0.15, 0.2) is 85.5 Å². The van der Waals surface area contributed by atoms with Gasteiger partial charge in [0.25, 0.3) is 0 Å². The maximum Gasteiger partial charge on any atom is 0.147 e. The summed E-state index contributed by atoms with van der Waals surface area (Å²) < 4.78 is 0. The number of anilines is 1. The van der Waals surface area contributed by atoms with Crippen LogP contribution in [-0.4, -0.2) is 22.3 Å². The van der Waals surface area contributed by atoms with Gasteiger partial charge in [0.05, 0.1) is 23.5 Å². The van der Waals surface area contributed by atoms with Gasteiger partial charge in [-0.25, -0.2) is 0 Å². The number of nitrogens with zero attached hydrogens (tertiary/aromatic N) is 4. The molecule has 28 heavy (non-hydrogen) atoms. The van der Waals surface area contributed by atoms with Crippen molar-refractivity contribution in [2.24, 2.45) is 0 Å². The average molecular weight is 364 g/mol. The van der Waals surface area contributed by atoms with E-state index in [4.69, 9.17) is 0 Å². The topological polar surface area (TPSA) is 69.9 Å². The largest absolute Gasteiger partial charge is 0.333 e. The second kappa shape index (κ2) is 7.68. The minimum atomic E-state index is -0.558. The quantitative estimate of drug-likeness (QED) is 0.658. The van der Waals surface area contributed by atoms with Crippen LogP contribution in [0, 0.1) is 11.3 Å². The van der Waals surface area contributed by atoms with Crippen LogP contribution in [0.5, 0.6) is 0 Å². The molecule has 0 saturated carbocycles. The molecule has 4 rings (SSSR count). The second-order valence-corrected chi connectivity index (χ2v) is 6.26. The van der Waals surface area contributed by atoms with Gasteiger partial charge >= 0.3 is 0 Å². The van der Waals surface area contributed by atoms with Gasteiger partial charge in [0, 0.05) is 29.9 Å². The molecule has 5 heteroatoms. The molecule has 134 valence electrons. The van der Waals surface area contributed by atoms with Crippen LogP contribution in [0.25, 0.3) is 11.1 Å². The van der Waals surface area contributed by atoms with Gasteiger partial charge in [-0.2, -0.15) is 5.26 Å². The van der Waals surface area contributed by atoms with Crippen molar-refractivity contribution in [3.63, 3.8) is 0 Å². The smallest absolute Gasteiger partial charge is 0.147 e. The highest BCUT2D eigenvalue weighted by Crippen LogP contribution is 2.35. The van der Waals surface area contributed by atoms with Gasteiger partial charge < -0.3 is 9.69 Å². The summed E-state index contributed by atoms with van der Waals surface area (Å²) in [5.74, 6) is 0. The molecule has 1 aliphatic heterocycles. The lowest BCUT2D eigenvalue weighted by atomic mass is 9.89. The van der Waals surface area contributed by atoms with E-state index in [1.54, 1.807) is 24.7 Å². The number of allylic oxidation sites excluding steroid dienone is 2. The minimum Gasteiger partial charge on any atom is -0.333 e. The highest BCUT2D eigenvalue weighted by molar-refractivity contribution is 5.98. The van der Waals surface area contributed by atoms with Crippen LogP contribution in [-0.2, 0) is 4.79 Å². The molecule has 1 aliphatic rings. The molecular weight excluding hydrogens is 348 g/mol. The Hall–Kier alpha value is -4.04. The lowest BCUT2D eigenvalue weighted by molar-refractivity contribution is -0.107. The van der Waals surface area contributed by atoms with Gasteiger partial charge in [-0.1, -0.05) is 36.4 Å². The normalized spacial score (nSPS) is 16.0. The van der Waals surface area contributed by atoms with Crippen molar-refractivity contribution in [1.82, 2.24) is 9.97 Å². The standard InChI is InChI=1S/C23H16N4O/c24-13-17-6-4-5-9-20(17)21-12-18(22-14-25-10-11-26-22)15-27(23(21)16-28)19-7-2-1-3-8-19/h1-12,14-16,23H. The first-order valence-electron chi connectivity index (χ1n) is 8.80. The van der Waals surface area contributed by atoms with Gasteiger partial charge in [0.1, 0.15) is 12.3 Å². The number of carbonyl (C=O) groups is 1. The molecule has 0 bridgehead atoms. The summed E-state index contributed by atoms with van der Waals surface area (Å²) in [4.78, 5) is 22.6. The second-order valence-electron chi connectivity index (χ2n) is 6.26. The van der Waals surface area contributed by atoms with E-state index in [0.29, 0.717) is 11.3 Å². The number of nitriles is 1. The predicted molar refractivity (Wildman–Crippen MR) is 108 cm³/mol. The van der Waals surface area contributed by atoms with Gasteiger partial charge in [-0.05, 0) is 35.4 Å². The fourth-order valence-corrected chi connectivity index (χ4v) is 3.30. The molecule has 0 saturated heterocycles. The Morgan fingerprint density at radius 1 is 1.04 bits per heavy atom. The van der Waals surface area contributed by atoms with E-state index in [9.17, 15) is 10.1 Å². The highest BCUT2D eigenvalue weighted by Gasteiger charge is 2.28. The molecular formula is C23H16N4O. The number of rotatable bonds is 4. The summed E-state index contributed by atoms with van der Waals surface area (Å²) in [6.45, 7) is 0. The van der Waals surface area contributed by atoms with E-state index in [-0.39, 0.29) is 0 Å². The lowest BCUT2D eigenvalue weighted by Crippen LogP contribution is -2.35. The van der Waals surface area contributed by atoms with Crippen LogP contribution in [0.1, 0.15) is 16.8 Å². The van der Waals surface area contributed by atoms with Crippen LogP contribution >= 0.6 is 0 Å². The van der Waals surface area contributed by atoms with Crippen LogP contribution in [0.3, 0.4) is 0 Å². The van der Waals surface area contributed by atoms with Crippen molar-refractivity contribution in [3.8, 4) is 6.07 Å². The summed E-state index contributed by atoms with van der Waals surface area (Å²) in [5, 5.41) is 9.56. The average Bonchev–Trinajstić information content (AvgIpc) is 2.79. The molecule has 1 aromatic heterocycles. The molecule has 1 atom stereocenters. The molecule has 0 N–H and O–H groups in total. The summed E-state index contributed by atoms with van der Waals surface area (Å²) in [7, 11) is 0. The van der Waals surface area contributed by atoms with Crippen molar-refractivity contribution in [2.75, 3.05) is 4.90 Å². The summed E-state index contributed by atoms with van der Waals surface area (Å²) in [5.41, 5.74) is 4.39. The molecule has 5 nitrogen and oxygen atoms in total. The molecule has 0 aliphatic carbocycles. The number of benzene rings is 2. The molecule has 1 unspecified atom stereocenters. The Morgan fingerprint density at radius 2 is 1.82 bits per heavy atom. The summed E-state index contributed by atoms with van der Waals surface area (Å²) >= 11 is 0. The van der Waals surface area contributed by atoms with Crippen molar-refractivity contribution in [3.05, 3.63) is 102 Å². The third-order valence-corrected chi connectivity index (χ3v) is 4.61. The van der Waals surface area contributed by atoms with Crippen LogP contribution in [0.4, 0.5) is 5.69 Å². The van der Waals surface area contributed by atoms with E-state index >= 15 is 0 Å². The third kappa shape index (κ3) is 3.19. The first-order chi connectivity index (χ1) is 13.8. The summed E-state index contributed by atoms with van der Waals surface area (Å²) in [6.07, 6.45) is 9.64. The first kappa shape index (κ1) is 17.4. The zero-order valence-corrected chi connectivity index (χ0v) is 14.9. The third-order valence-electron chi connectivity index (χ3n) is 4.61. The highest BCUT2D eigenvalue weighted by atomic mass is 16.1. The van der Waals surface area contributed by atoms with E-state index in [0.717, 1.165) is 28.7 Å². The molecule has 0 amide bonds. The number of para-hydroxylation sites is 1. The number of hydrogen-bond acceptors (Lipinski definition) is 5. The Labute approximate surface area is 162 Å². The zero-order valence-electron chi connectivity index (χ0n) is 14.9. The SMILES string of the molecule is N#Cc1ccccc1C1=CC(c2cnccn2)=CN(c2ccccc2)C1C=O. The number of hydrogen-bond donors (Lipinski definition) is 0. The van der Waals surface area contributed by atoms with Gasteiger partial charge in [-0.3, -0.25) is 9.97 Å². The van der Waals surface area contributed by atoms with E-state index in [1.165, 1.54) is 0 Å². The van der Waals surface area contributed by atoms with Crippen molar-refractivity contribution in [2.45, 2.75) is 6.04 Å². The first-order valence-corrected chi connectivity index (χ1v) is 8.80. The molecule has 3 aromatic rings. The Morgan fingerprint density at radius 3 is 2.54 bits per heavy atom. The molecule has 0 spiro atoms. The van der Waals surface area contributed by atoms with Crippen LogP contribution in [0.2, 0.25) is 0 Å². The van der Waals surface area contributed by atoms with Gasteiger partial charge in [0.2, 0.25) is 0 Å². The monoisotopic (exact) mass is 364 g/mol. The molecule has 2 aromatic carbocycles. The molecule has 0 fully saturated rings. The maximum absolute atomic E-state index is 12.1. The predicted octanol–water partition coefficient (Wildman–Crippen LogP) is 3.86.